The Labute approximate surface area is 156 Å². The second kappa shape index (κ2) is 7.80. The van der Waals surface area contributed by atoms with Crippen LogP contribution in [0.5, 0.6) is 0 Å². The lowest BCUT2D eigenvalue weighted by atomic mass is 10.1. The van der Waals surface area contributed by atoms with Crippen molar-refractivity contribution in [3.05, 3.63) is 83.1 Å². The summed E-state index contributed by atoms with van der Waals surface area (Å²) in [6.45, 7) is 1.52. The molecule has 2 aromatic carbocycles. The maximum atomic E-state index is 12.3. The predicted molar refractivity (Wildman–Crippen MR) is 103 cm³/mol. The molecule has 0 saturated carbocycles. The zero-order valence-electron chi connectivity index (χ0n) is 14.0. The number of pyridine rings is 1. The Morgan fingerprint density at radius 1 is 0.962 bits per heavy atom. The van der Waals surface area contributed by atoms with Gasteiger partial charge in [-0.05, 0) is 43.3 Å². The van der Waals surface area contributed by atoms with Crippen molar-refractivity contribution in [3.63, 3.8) is 0 Å². The van der Waals surface area contributed by atoms with Gasteiger partial charge < -0.3 is 10.6 Å². The van der Waals surface area contributed by atoms with Crippen LogP contribution in [-0.2, 0) is 0 Å². The summed E-state index contributed by atoms with van der Waals surface area (Å²) < 4.78 is 0. The first kappa shape index (κ1) is 17.6. The van der Waals surface area contributed by atoms with Gasteiger partial charge in [-0.25, -0.2) is 4.98 Å². The Kier molecular flexibility index (Phi) is 5.29. The zero-order valence-corrected chi connectivity index (χ0v) is 14.7. The number of nitrogens with zero attached hydrogens (tertiary/aromatic N) is 1. The second-order valence-corrected chi connectivity index (χ2v) is 6.04. The van der Waals surface area contributed by atoms with Crippen molar-refractivity contribution < 1.29 is 9.59 Å². The Balaban J connectivity index is 1.70. The fraction of sp³-hybridized carbons (Fsp3) is 0.0500. The molecule has 2 N–H and O–H groups in total. The van der Waals surface area contributed by atoms with E-state index in [-0.39, 0.29) is 17.4 Å². The topological polar surface area (TPSA) is 71.1 Å². The number of carbonyl (C=O) groups is 2. The number of benzene rings is 2. The summed E-state index contributed by atoms with van der Waals surface area (Å²) in [5.41, 5.74) is 2.91. The molecule has 0 atom stereocenters. The SMILES string of the molecule is CC(=O)c1cccc(Nc2ccc(C(=O)Nc3ccccc3Cl)nc2)c1. The molecule has 1 heterocycles. The van der Waals surface area contributed by atoms with Crippen LogP contribution >= 0.6 is 11.6 Å². The molecule has 0 radical (unpaired) electrons. The minimum atomic E-state index is -0.344. The number of nitrogens with one attached hydrogen (secondary N) is 2. The van der Waals surface area contributed by atoms with Crippen molar-refractivity contribution in [1.82, 2.24) is 4.98 Å². The van der Waals surface area contributed by atoms with Gasteiger partial charge in [0.25, 0.3) is 5.91 Å². The average Bonchev–Trinajstić information content (AvgIpc) is 2.64. The monoisotopic (exact) mass is 365 g/mol. The van der Waals surface area contributed by atoms with Gasteiger partial charge in [0.1, 0.15) is 5.69 Å². The van der Waals surface area contributed by atoms with Crippen LogP contribution in [0.2, 0.25) is 5.02 Å². The molecule has 5 nitrogen and oxygen atoms in total. The van der Waals surface area contributed by atoms with Crippen LogP contribution in [0.15, 0.2) is 66.9 Å². The molecule has 0 fully saturated rings. The van der Waals surface area contributed by atoms with Crippen molar-refractivity contribution in [1.29, 1.82) is 0 Å². The van der Waals surface area contributed by atoms with E-state index in [4.69, 9.17) is 11.6 Å². The molecule has 1 amide bonds. The Morgan fingerprint density at radius 3 is 2.46 bits per heavy atom. The molecule has 0 aliphatic carbocycles. The van der Waals surface area contributed by atoms with Gasteiger partial charge in [-0.15, -0.1) is 0 Å². The summed E-state index contributed by atoms with van der Waals surface area (Å²) >= 11 is 6.04. The summed E-state index contributed by atoms with van der Waals surface area (Å²) in [5, 5.41) is 6.34. The number of ketones is 1. The number of aromatic nitrogens is 1. The minimum Gasteiger partial charge on any atom is -0.354 e. The van der Waals surface area contributed by atoms with E-state index in [0.717, 1.165) is 5.69 Å². The van der Waals surface area contributed by atoms with Crippen LogP contribution in [0.25, 0.3) is 0 Å². The van der Waals surface area contributed by atoms with Crippen LogP contribution in [0, 0.1) is 0 Å². The molecule has 0 aliphatic rings. The van der Waals surface area contributed by atoms with Gasteiger partial charge in [0, 0.05) is 11.3 Å². The van der Waals surface area contributed by atoms with Crippen molar-refractivity contribution >= 4 is 40.4 Å². The highest BCUT2D eigenvalue weighted by Crippen LogP contribution is 2.21. The van der Waals surface area contributed by atoms with Crippen molar-refractivity contribution in [3.8, 4) is 0 Å². The summed E-state index contributed by atoms with van der Waals surface area (Å²) in [6, 6.07) is 17.5. The molecule has 0 saturated heterocycles. The largest absolute Gasteiger partial charge is 0.354 e. The first-order chi connectivity index (χ1) is 12.5. The number of Topliss-reactive ketones (excluding diaryl/α,β-unsaturated/α-hetero) is 1. The Bertz CT molecular complexity index is 955. The van der Waals surface area contributed by atoms with Crippen LogP contribution < -0.4 is 10.6 Å². The second-order valence-electron chi connectivity index (χ2n) is 5.63. The smallest absolute Gasteiger partial charge is 0.274 e. The summed E-state index contributed by atoms with van der Waals surface area (Å²) in [4.78, 5) is 27.9. The minimum absolute atomic E-state index is 0.00151. The van der Waals surface area contributed by atoms with E-state index in [1.807, 2.05) is 6.07 Å². The molecular weight excluding hydrogens is 350 g/mol. The van der Waals surface area contributed by atoms with Crippen LogP contribution in [-0.4, -0.2) is 16.7 Å². The Morgan fingerprint density at radius 2 is 1.77 bits per heavy atom. The lowest BCUT2D eigenvalue weighted by Gasteiger charge is -2.09. The third-order valence-electron chi connectivity index (χ3n) is 3.68. The molecule has 0 unspecified atom stereocenters. The molecule has 3 rings (SSSR count). The number of halogens is 1. The highest BCUT2D eigenvalue weighted by Gasteiger charge is 2.09. The first-order valence-corrected chi connectivity index (χ1v) is 8.31. The highest BCUT2D eigenvalue weighted by molar-refractivity contribution is 6.33. The molecule has 3 aromatic rings. The molecular formula is C20H16ClN3O2. The van der Waals surface area contributed by atoms with Crippen LogP contribution in [0.4, 0.5) is 17.1 Å². The summed E-state index contributed by atoms with van der Waals surface area (Å²) in [5.74, 6) is -0.346. The lowest BCUT2D eigenvalue weighted by Crippen LogP contribution is -2.13. The van der Waals surface area contributed by atoms with Gasteiger partial charge >= 0.3 is 0 Å². The number of hydrogen-bond donors (Lipinski definition) is 2. The average molecular weight is 366 g/mol. The van der Waals surface area contributed by atoms with Crippen molar-refractivity contribution in [2.45, 2.75) is 6.92 Å². The van der Waals surface area contributed by atoms with E-state index in [2.05, 4.69) is 15.6 Å². The number of carbonyl (C=O) groups excluding carboxylic acids is 2. The number of rotatable bonds is 5. The van der Waals surface area contributed by atoms with Crippen molar-refractivity contribution in [2.24, 2.45) is 0 Å². The molecule has 130 valence electrons. The maximum absolute atomic E-state index is 12.3. The van der Waals surface area contributed by atoms with E-state index >= 15 is 0 Å². The highest BCUT2D eigenvalue weighted by atomic mass is 35.5. The van der Waals surface area contributed by atoms with Crippen LogP contribution in [0.3, 0.4) is 0 Å². The lowest BCUT2D eigenvalue weighted by molar-refractivity contribution is 0.101. The number of amides is 1. The van der Waals surface area contributed by atoms with Gasteiger partial charge in [-0.2, -0.15) is 0 Å². The number of hydrogen-bond acceptors (Lipinski definition) is 4. The molecule has 0 spiro atoms. The number of para-hydroxylation sites is 1. The van der Waals surface area contributed by atoms with Gasteiger partial charge in [-0.3, -0.25) is 9.59 Å². The van der Waals surface area contributed by atoms with Crippen LogP contribution in [0.1, 0.15) is 27.8 Å². The fourth-order valence-electron chi connectivity index (χ4n) is 2.33. The van der Waals surface area contributed by atoms with E-state index in [9.17, 15) is 9.59 Å². The standard InChI is InChI=1S/C20H16ClN3O2/c1-13(25)14-5-4-6-15(11-14)23-16-9-10-19(22-12-16)20(26)24-18-8-3-2-7-17(18)21/h2-12,23H,1H3,(H,24,26). The third kappa shape index (κ3) is 4.26. The van der Waals surface area contributed by atoms with E-state index in [0.29, 0.717) is 22.0 Å². The summed E-state index contributed by atoms with van der Waals surface area (Å²) in [6.07, 6.45) is 1.56. The third-order valence-corrected chi connectivity index (χ3v) is 4.01. The quantitative estimate of drug-likeness (QED) is 0.628. The summed E-state index contributed by atoms with van der Waals surface area (Å²) in [7, 11) is 0. The first-order valence-electron chi connectivity index (χ1n) is 7.93. The van der Waals surface area contributed by atoms with Gasteiger partial charge in [-0.1, -0.05) is 35.9 Å². The van der Waals surface area contributed by atoms with Gasteiger partial charge in [0.15, 0.2) is 5.78 Å². The van der Waals surface area contributed by atoms with E-state index in [1.165, 1.54) is 6.92 Å². The maximum Gasteiger partial charge on any atom is 0.274 e. The normalized spacial score (nSPS) is 10.2. The molecule has 6 heteroatoms. The fourth-order valence-corrected chi connectivity index (χ4v) is 2.52. The van der Waals surface area contributed by atoms with Gasteiger partial charge in [0.05, 0.1) is 22.6 Å². The van der Waals surface area contributed by atoms with E-state index in [1.54, 1.807) is 60.8 Å². The molecule has 0 aliphatic heterocycles. The van der Waals surface area contributed by atoms with Gasteiger partial charge in [0.2, 0.25) is 0 Å². The number of anilines is 3. The zero-order chi connectivity index (χ0) is 18.5. The predicted octanol–water partition coefficient (Wildman–Crippen LogP) is 4.93. The molecule has 26 heavy (non-hydrogen) atoms. The van der Waals surface area contributed by atoms with E-state index < -0.39 is 0 Å². The molecule has 0 bridgehead atoms. The molecule has 1 aromatic heterocycles. The Hall–Kier alpha value is -3.18. The van der Waals surface area contributed by atoms with Crippen molar-refractivity contribution in [2.75, 3.05) is 10.6 Å².